The van der Waals surface area contributed by atoms with Crippen LogP contribution in [0.15, 0.2) is 0 Å². The Kier molecular flexibility index (Phi) is 5.77. The lowest BCUT2D eigenvalue weighted by Gasteiger charge is -2.32. The summed E-state index contributed by atoms with van der Waals surface area (Å²) in [5.74, 6) is 0.851. The second-order valence-corrected chi connectivity index (χ2v) is 7.93. The highest BCUT2D eigenvalue weighted by atomic mass is 35.5. The maximum atomic E-state index is 2.43. The van der Waals surface area contributed by atoms with E-state index in [1.54, 1.807) is 0 Å². The summed E-state index contributed by atoms with van der Waals surface area (Å²) >= 11 is 0. The van der Waals surface area contributed by atoms with Crippen molar-refractivity contribution in [3.8, 4) is 0 Å². The second-order valence-electron chi connectivity index (χ2n) is 4.13. The van der Waals surface area contributed by atoms with E-state index in [1.165, 1.54) is 0 Å². The van der Waals surface area contributed by atoms with Gasteiger partial charge in [0, 0.05) is 8.80 Å². The molecule has 0 N–H and O–H groups in total. The van der Waals surface area contributed by atoms with Gasteiger partial charge in [-0.3, -0.25) is 0 Å². The molecule has 0 fully saturated rings. The molecule has 0 saturated carbocycles. The Morgan fingerprint density at radius 3 is 1.40 bits per heavy atom. The van der Waals surface area contributed by atoms with Crippen molar-refractivity contribution in [2.24, 2.45) is 5.92 Å². The van der Waals surface area contributed by atoms with Gasteiger partial charge < -0.3 is 0 Å². The highest BCUT2D eigenvalue weighted by Gasteiger charge is 2.26. The van der Waals surface area contributed by atoms with Crippen molar-refractivity contribution >= 4 is 21.2 Å². The molecule has 0 amide bonds. The molecule has 0 rings (SSSR count). The van der Waals surface area contributed by atoms with E-state index in [2.05, 4.69) is 40.8 Å². The molecule has 0 aliphatic heterocycles. The molecular formula is C8H21ClSi. The molecule has 0 aromatic carbocycles. The minimum Gasteiger partial charge on any atom is -0.147 e. The van der Waals surface area contributed by atoms with Crippen molar-refractivity contribution < 1.29 is 0 Å². The molecule has 0 aromatic heterocycles. The molecule has 0 unspecified atom stereocenters. The first-order chi connectivity index (χ1) is 3.89. The smallest absolute Gasteiger partial charge is 0.0368 e. The van der Waals surface area contributed by atoms with E-state index in [0.29, 0.717) is 5.04 Å². The van der Waals surface area contributed by atoms with E-state index in [1.807, 2.05) is 0 Å². The molecule has 0 atom stereocenters. The molecule has 0 aliphatic rings. The van der Waals surface area contributed by atoms with Gasteiger partial charge in [-0.05, 0) is 11.0 Å². The zero-order valence-corrected chi connectivity index (χ0v) is 10.0. The predicted molar refractivity (Wildman–Crippen MR) is 55.0 cm³/mol. The highest BCUT2D eigenvalue weighted by molar-refractivity contribution is 6.59. The summed E-state index contributed by atoms with van der Waals surface area (Å²) in [7, 11) is -0.438. The molecule has 2 heteroatoms. The lowest BCUT2D eigenvalue weighted by Crippen LogP contribution is -2.26. The molecule has 0 bridgehead atoms. The number of rotatable bonds is 2. The van der Waals surface area contributed by atoms with E-state index < -0.39 is 8.80 Å². The minimum atomic E-state index is -0.438. The fourth-order valence-corrected chi connectivity index (χ4v) is 2.00. The highest BCUT2D eigenvalue weighted by Crippen LogP contribution is 2.36. The van der Waals surface area contributed by atoms with Gasteiger partial charge in [0.2, 0.25) is 0 Å². The fourth-order valence-electron chi connectivity index (χ4n) is 0.667. The van der Waals surface area contributed by atoms with Crippen molar-refractivity contribution in [3.05, 3.63) is 0 Å². The lowest BCUT2D eigenvalue weighted by atomic mass is 9.99. The van der Waals surface area contributed by atoms with Gasteiger partial charge in [0.25, 0.3) is 0 Å². The van der Waals surface area contributed by atoms with Crippen molar-refractivity contribution in [3.63, 3.8) is 0 Å². The van der Waals surface area contributed by atoms with E-state index in [9.17, 15) is 0 Å². The molecule has 0 heterocycles. The van der Waals surface area contributed by atoms with Gasteiger partial charge >= 0.3 is 0 Å². The van der Waals surface area contributed by atoms with Crippen molar-refractivity contribution in [1.82, 2.24) is 0 Å². The molecular weight excluding hydrogens is 160 g/mol. The van der Waals surface area contributed by atoms with Crippen LogP contribution in [0.25, 0.3) is 0 Å². The average Bonchev–Trinajstić information content (AvgIpc) is 1.65. The largest absolute Gasteiger partial charge is 0.147 e. The van der Waals surface area contributed by atoms with Crippen molar-refractivity contribution in [2.75, 3.05) is 0 Å². The summed E-state index contributed by atoms with van der Waals surface area (Å²) in [5.41, 5.74) is 0. The van der Waals surface area contributed by atoms with Gasteiger partial charge in [0.15, 0.2) is 0 Å². The summed E-state index contributed by atoms with van der Waals surface area (Å²) < 4.78 is 0. The van der Waals surface area contributed by atoms with E-state index in [4.69, 9.17) is 0 Å². The topological polar surface area (TPSA) is 0 Å². The van der Waals surface area contributed by atoms with Crippen molar-refractivity contribution in [1.29, 1.82) is 0 Å². The van der Waals surface area contributed by atoms with Crippen LogP contribution in [0.3, 0.4) is 0 Å². The van der Waals surface area contributed by atoms with Crippen LogP contribution in [0.1, 0.15) is 27.7 Å². The summed E-state index contributed by atoms with van der Waals surface area (Å²) in [6, 6.07) is 0. The van der Waals surface area contributed by atoms with Gasteiger partial charge in [-0.1, -0.05) is 40.8 Å². The normalized spacial score (nSPS) is 12.0. The molecule has 0 radical (unpaired) electrons. The molecule has 0 aromatic rings. The zero-order valence-electron chi connectivity index (χ0n) is 8.06. The second kappa shape index (κ2) is 4.40. The maximum absolute atomic E-state index is 2.43. The third-order valence-electron chi connectivity index (χ3n) is 2.98. The van der Waals surface area contributed by atoms with Crippen LogP contribution >= 0.6 is 12.4 Å². The first-order valence-corrected chi connectivity index (χ1v) is 6.77. The number of halogens is 1. The quantitative estimate of drug-likeness (QED) is 0.572. The van der Waals surface area contributed by atoms with Gasteiger partial charge in [-0.2, -0.15) is 0 Å². The molecule has 0 aliphatic carbocycles. The number of hydrogen-bond donors (Lipinski definition) is 0. The SMILES string of the molecule is CC(C)C(C)(C)[SiH](C)C.Cl. The van der Waals surface area contributed by atoms with Crippen molar-refractivity contribution in [2.45, 2.75) is 45.8 Å². The first kappa shape index (κ1) is 13.1. The summed E-state index contributed by atoms with van der Waals surface area (Å²) in [4.78, 5) is 0. The Hall–Kier alpha value is 0.507. The minimum absolute atomic E-state index is 0. The van der Waals surface area contributed by atoms with Gasteiger partial charge in [-0.15, -0.1) is 12.4 Å². The van der Waals surface area contributed by atoms with Crippen LogP contribution < -0.4 is 0 Å². The maximum Gasteiger partial charge on any atom is 0.0368 e. The summed E-state index contributed by atoms with van der Waals surface area (Å²) in [6.07, 6.45) is 0. The Morgan fingerprint density at radius 2 is 1.40 bits per heavy atom. The van der Waals surface area contributed by atoms with Gasteiger partial charge in [0.1, 0.15) is 0 Å². The number of hydrogen-bond acceptors (Lipinski definition) is 0. The Labute approximate surface area is 73.4 Å². The van der Waals surface area contributed by atoms with Crippen LogP contribution in [0.2, 0.25) is 18.1 Å². The van der Waals surface area contributed by atoms with Gasteiger partial charge in [-0.25, -0.2) is 0 Å². The van der Waals surface area contributed by atoms with E-state index >= 15 is 0 Å². The molecule has 0 saturated heterocycles. The molecule has 10 heavy (non-hydrogen) atoms. The third kappa shape index (κ3) is 3.06. The average molecular weight is 181 g/mol. The standard InChI is InChI=1S/C8H20Si.ClH/c1-7(2)8(3,4)9(5)6;/h7,9H,1-6H3;1H. The van der Waals surface area contributed by atoms with Gasteiger partial charge in [0.05, 0.1) is 0 Å². The predicted octanol–water partition coefficient (Wildman–Crippen LogP) is 3.33. The lowest BCUT2D eigenvalue weighted by molar-refractivity contribution is 0.468. The first-order valence-electron chi connectivity index (χ1n) is 3.89. The zero-order chi connectivity index (χ0) is 7.65. The van der Waals surface area contributed by atoms with Crippen LogP contribution in [0.4, 0.5) is 0 Å². The third-order valence-corrected chi connectivity index (χ3v) is 6.62. The summed E-state index contributed by atoms with van der Waals surface area (Å²) in [6.45, 7) is 14.3. The van der Waals surface area contributed by atoms with E-state index in [0.717, 1.165) is 5.92 Å². The Bertz CT molecular complexity index is 77.3. The molecule has 0 nitrogen and oxygen atoms in total. The fraction of sp³-hybridized carbons (Fsp3) is 1.00. The van der Waals surface area contributed by atoms with Crippen LogP contribution in [-0.2, 0) is 0 Å². The molecule has 0 spiro atoms. The van der Waals surface area contributed by atoms with E-state index in [-0.39, 0.29) is 12.4 Å². The Balaban J connectivity index is 0. The Morgan fingerprint density at radius 1 is 1.10 bits per heavy atom. The van der Waals surface area contributed by atoms with Crippen LogP contribution in [-0.4, -0.2) is 8.80 Å². The summed E-state index contributed by atoms with van der Waals surface area (Å²) in [5, 5.41) is 0.639. The van der Waals surface area contributed by atoms with Crippen LogP contribution in [0, 0.1) is 5.92 Å². The monoisotopic (exact) mass is 180 g/mol. The molecule has 64 valence electrons. The van der Waals surface area contributed by atoms with Crippen LogP contribution in [0.5, 0.6) is 0 Å².